The van der Waals surface area contributed by atoms with E-state index in [4.69, 9.17) is 0 Å². The second-order valence-corrected chi connectivity index (χ2v) is 5.41. The average molecular weight is 162 g/mol. The molecule has 6 atom stereocenters. The van der Waals surface area contributed by atoms with Crippen molar-refractivity contribution in [1.29, 1.82) is 0 Å². The molecule has 0 amide bonds. The van der Waals surface area contributed by atoms with Gasteiger partial charge in [0.1, 0.15) is 5.78 Å². The van der Waals surface area contributed by atoms with Crippen LogP contribution in [-0.4, -0.2) is 5.78 Å². The van der Waals surface area contributed by atoms with E-state index < -0.39 is 0 Å². The van der Waals surface area contributed by atoms with Gasteiger partial charge in [-0.15, -0.1) is 0 Å². The highest BCUT2D eigenvalue weighted by Gasteiger charge is 2.64. The normalized spacial score (nSPS) is 65.2. The Kier molecular flexibility index (Phi) is 0.843. The van der Waals surface area contributed by atoms with Gasteiger partial charge in [0.25, 0.3) is 0 Å². The van der Waals surface area contributed by atoms with Gasteiger partial charge in [-0.2, -0.15) is 0 Å². The van der Waals surface area contributed by atoms with Gasteiger partial charge >= 0.3 is 0 Å². The fourth-order valence-electron chi connectivity index (χ4n) is 4.59. The molecule has 4 rings (SSSR count). The highest BCUT2D eigenvalue weighted by atomic mass is 16.1. The Morgan fingerprint density at radius 1 is 1.00 bits per heavy atom. The van der Waals surface area contributed by atoms with Gasteiger partial charge in [0, 0.05) is 12.3 Å². The summed E-state index contributed by atoms with van der Waals surface area (Å²) in [6.45, 7) is 0. The van der Waals surface area contributed by atoms with E-state index in [1.54, 1.807) is 0 Å². The number of Topliss-reactive ketones (excluding diaryl/α,β-unsaturated/α-hetero) is 1. The van der Waals surface area contributed by atoms with Crippen LogP contribution in [-0.2, 0) is 4.79 Å². The zero-order chi connectivity index (χ0) is 7.87. The molecule has 0 aliphatic heterocycles. The third-order valence-corrected chi connectivity index (χ3v) is 5.04. The van der Waals surface area contributed by atoms with Crippen molar-refractivity contribution >= 4 is 5.78 Å². The number of rotatable bonds is 0. The summed E-state index contributed by atoms with van der Waals surface area (Å²) in [5.41, 5.74) is 0. The highest BCUT2D eigenvalue weighted by Crippen LogP contribution is 2.69. The molecule has 0 heterocycles. The Morgan fingerprint density at radius 2 is 1.75 bits per heavy atom. The predicted molar refractivity (Wildman–Crippen MR) is 44.4 cm³/mol. The average Bonchev–Trinajstić information content (AvgIpc) is 2.42. The van der Waals surface area contributed by atoms with Crippen molar-refractivity contribution < 1.29 is 4.79 Å². The van der Waals surface area contributed by atoms with Gasteiger partial charge in [0.15, 0.2) is 0 Å². The zero-order valence-corrected chi connectivity index (χ0v) is 7.20. The Labute approximate surface area is 72.5 Å². The van der Waals surface area contributed by atoms with Crippen LogP contribution in [0.25, 0.3) is 0 Å². The summed E-state index contributed by atoms with van der Waals surface area (Å²) in [4.78, 5) is 11.5. The quantitative estimate of drug-likeness (QED) is 0.531. The summed E-state index contributed by atoms with van der Waals surface area (Å²) in [5.74, 6) is 5.94. The molecule has 0 spiro atoms. The van der Waals surface area contributed by atoms with Crippen LogP contribution in [0.15, 0.2) is 0 Å². The zero-order valence-electron chi connectivity index (χ0n) is 7.20. The van der Waals surface area contributed by atoms with Gasteiger partial charge in [-0.3, -0.25) is 4.79 Å². The first-order chi connectivity index (χ1) is 5.84. The topological polar surface area (TPSA) is 17.1 Å². The number of hydrogen-bond acceptors (Lipinski definition) is 1. The molecule has 0 N–H and O–H groups in total. The molecule has 1 heteroatoms. The Morgan fingerprint density at radius 3 is 2.58 bits per heavy atom. The van der Waals surface area contributed by atoms with Crippen molar-refractivity contribution in [3.05, 3.63) is 0 Å². The molecule has 0 aromatic carbocycles. The smallest absolute Gasteiger partial charge is 0.136 e. The van der Waals surface area contributed by atoms with E-state index in [2.05, 4.69) is 0 Å². The van der Waals surface area contributed by atoms with Crippen molar-refractivity contribution in [1.82, 2.24) is 0 Å². The van der Waals surface area contributed by atoms with E-state index in [1.807, 2.05) is 0 Å². The number of ketones is 1. The SMILES string of the molecule is O=C1C[C@@H]2C[C@H]1[C@H]1[C@@H]3C[C@@H]3C[C@@H]21. The lowest BCUT2D eigenvalue weighted by Crippen LogP contribution is -2.26. The highest BCUT2D eigenvalue weighted by molar-refractivity contribution is 5.85. The molecule has 1 nitrogen and oxygen atoms in total. The van der Waals surface area contributed by atoms with Gasteiger partial charge < -0.3 is 0 Å². The van der Waals surface area contributed by atoms with E-state index in [-0.39, 0.29) is 0 Å². The maximum absolute atomic E-state index is 11.5. The van der Waals surface area contributed by atoms with Crippen molar-refractivity contribution in [3.8, 4) is 0 Å². The molecule has 0 aromatic rings. The van der Waals surface area contributed by atoms with E-state index >= 15 is 0 Å². The molecular formula is C11H14O. The van der Waals surface area contributed by atoms with Gasteiger partial charge in [0.05, 0.1) is 0 Å². The van der Waals surface area contributed by atoms with Crippen molar-refractivity contribution in [2.75, 3.05) is 0 Å². The lowest BCUT2D eigenvalue weighted by Gasteiger charge is -2.25. The molecule has 0 aromatic heterocycles. The summed E-state index contributed by atoms with van der Waals surface area (Å²) in [6, 6.07) is 0. The maximum Gasteiger partial charge on any atom is 0.136 e. The summed E-state index contributed by atoms with van der Waals surface area (Å²) in [5, 5.41) is 0. The summed E-state index contributed by atoms with van der Waals surface area (Å²) < 4.78 is 0. The number of fused-ring (bicyclic) bond motifs is 7. The lowest BCUT2D eigenvalue weighted by atomic mass is 9.78. The predicted octanol–water partition coefficient (Wildman–Crippen LogP) is 1.87. The molecule has 12 heavy (non-hydrogen) atoms. The molecule has 0 unspecified atom stereocenters. The summed E-state index contributed by atoms with van der Waals surface area (Å²) >= 11 is 0. The Bertz CT molecular complexity index is 270. The molecule has 4 saturated carbocycles. The maximum atomic E-state index is 11.5. The van der Waals surface area contributed by atoms with E-state index in [0.717, 1.165) is 36.0 Å². The van der Waals surface area contributed by atoms with Crippen LogP contribution >= 0.6 is 0 Å². The number of hydrogen-bond donors (Lipinski definition) is 0. The standard InChI is InChI=1S/C11H14O/c12-10-4-6-3-9(10)11-7-1-5(7)2-8(6)11/h5-9,11H,1-4H2/t5-,6+,7-,8+,9-,11+/m1/s1. The van der Waals surface area contributed by atoms with Crippen LogP contribution in [0.5, 0.6) is 0 Å². The second-order valence-electron chi connectivity index (χ2n) is 5.41. The van der Waals surface area contributed by atoms with Crippen molar-refractivity contribution in [2.45, 2.75) is 25.7 Å². The minimum Gasteiger partial charge on any atom is -0.299 e. The molecule has 0 saturated heterocycles. The Hall–Kier alpha value is -0.330. The van der Waals surface area contributed by atoms with Gasteiger partial charge in [-0.25, -0.2) is 0 Å². The van der Waals surface area contributed by atoms with Gasteiger partial charge in [-0.1, -0.05) is 0 Å². The third kappa shape index (κ3) is 0.512. The van der Waals surface area contributed by atoms with E-state index in [0.29, 0.717) is 11.7 Å². The first-order valence-electron chi connectivity index (χ1n) is 5.37. The first-order valence-corrected chi connectivity index (χ1v) is 5.37. The van der Waals surface area contributed by atoms with Crippen LogP contribution in [0.2, 0.25) is 0 Å². The van der Waals surface area contributed by atoms with Crippen LogP contribution in [0, 0.1) is 35.5 Å². The number of carbonyl (C=O) groups excluding carboxylic acids is 1. The molecule has 2 bridgehead atoms. The first kappa shape index (κ1) is 6.17. The van der Waals surface area contributed by atoms with Crippen molar-refractivity contribution in [3.63, 3.8) is 0 Å². The molecule has 64 valence electrons. The summed E-state index contributed by atoms with van der Waals surface area (Å²) in [7, 11) is 0. The Balaban J connectivity index is 1.78. The minimum absolute atomic E-state index is 0.539. The van der Waals surface area contributed by atoms with Gasteiger partial charge in [0.2, 0.25) is 0 Å². The van der Waals surface area contributed by atoms with Crippen LogP contribution in [0.4, 0.5) is 0 Å². The fraction of sp³-hybridized carbons (Fsp3) is 0.909. The largest absolute Gasteiger partial charge is 0.299 e. The molecular weight excluding hydrogens is 148 g/mol. The van der Waals surface area contributed by atoms with Crippen LogP contribution in [0.1, 0.15) is 25.7 Å². The van der Waals surface area contributed by atoms with E-state index in [1.165, 1.54) is 19.3 Å². The number of carbonyl (C=O) groups is 1. The minimum atomic E-state index is 0.539. The molecule has 4 fully saturated rings. The van der Waals surface area contributed by atoms with Gasteiger partial charge in [-0.05, 0) is 48.9 Å². The van der Waals surface area contributed by atoms with Crippen LogP contribution in [0.3, 0.4) is 0 Å². The lowest BCUT2D eigenvalue weighted by molar-refractivity contribution is -0.124. The second kappa shape index (κ2) is 1.64. The van der Waals surface area contributed by atoms with Crippen LogP contribution < -0.4 is 0 Å². The monoisotopic (exact) mass is 162 g/mol. The molecule has 4 aliphatic rings. The fourth-order valence-corrected chi connectivity index (χ4v) is 4.59. The van der Waals surface area contributed by atoms with E-state index in [9.17, 15) is 4.79 Å². The molecule has 4 aliphatic carbocycles. The third-order valence-electron chi connectivity index (χ3n) is 5.04. The van der Waals surface area contributed by atoms with Crippen molar-refractivity contribution in [2.24, 2.45) is 35.5 Å². The summed E-state index contributed by atoms with van der Waals surface area (Å²) in [6.07, 6.45) is 5.18. The molecule has 0 radical (unpaired) electrons.